The van der Waals surface area contributed by atoms with Crippen molar-refractivity contribution in [1.29, 1.82) is 0 Å². The highest BCUT2D eigenvalue weighted by Crippen LogP contribution is 2.37. The average Bonchev–Trinajstić information content (AvgIpc) is 2.88. The molecule has 0 amide bonds. The molecular formula is C17H26O6. The van der Waals surface area contributed by atoms with Gasteiger partial charge in [-0.25, -0.2) is 4.79 Å². The number of hydrogen-bond donors (Lipinski definition) is 2. The van der Waals surface area contributed by atoms with E-state index in [0.29, 0.717) is 6.42 Å². The van der Waals surface area contributed by atoms with Crippen LogP contribution in [0.15, 0.2) is 12.7 Å². The van der Waals surface area contributed by atoms with Gasteiger partial charge in [0.2, 0.25) is 5.60 Å². The molecule has 1 aliphatic rings. The molecule has 1 fully saturated rings. The quantitative estimate of drug-likeness (QED) is 0.324. The number of ether oxygens (including phenoxy) is 1. The van der Waals surface area contributed by atoms with E-state index in [1.54, 1.807) is 0 Å². The van der Waals surface area contributed by atoms with Gasteiger partial charge in [-0.3, -0.25) is 9.59 Å². The first kappa shape index (κ1) is 19.2. The fourth-order valence-electron chi connectivity index (χ4n) is 3.04. The lowest BCUT2D eigenvalue weighted by atomic mass is 9.81. The number of aliphatic carboxylic acids is 2. The van der Waals surface area contributed by atoms with Crippen LogP contribution in [0.1, 0.15) is 64.2 Å². The predicted octanol–water partition coefficient (Wildman–Crippen LogP) is 3.15. The molecule has 2 N–H and O–H groups in total. The zero-order valence-corrected chi connectivity index (χ0v) is 13.5. The van der Waals surface area contributed by atoms with Gasteiger partial charge in [-0.1, -0.05) is 38.2 Å². The van der Waals surface area contributed by atoms with Crippen LogP contribution in [0, 0.1) is 5.92 Å². The Morgan fingerprint density at radius 1 is 1.17 bits per heavy atom. The molecule has 0 aliphatic carbocycles. The number of esters is 1. The van der Waals surface area contributed by atoms with E-state index in [2.05, 4.69) is 6.58 Å². The SMILES string of the molecule is C=CCCCCCCCC[C@@H](C(=O)O)[C@@]1(C(=O)O)CCC(=O)O1. The van der Waals surface area contributed by atoms with Gasteiger partial charge >= 0.3 is 17.9 Å². The van der Waals surface area contributed by atoms with Gasteiger partial charge in [-0.2, -0.15) is 0 Å². The molecule has 0 aromatic heterocycles. The van der Waals surface area contributed by atoms with Crippen LogP contribution < -0.4 is 0 Å². The van der Waals surface area contributed by atoms with Gasteiger partial charge in [0.05, 0.1) is 0 Å². The Balaban J connectivity index is 2.46. The molecule has 6 heteroatoms. The Bertz CT molecular complexity index is 444. The first-order valence-corrected chi connectivity index (χ1v) is 8.23. The molecule has 6 nitrogen and oxygen atoms in total. The molecule has 0 radical (unpaired) electrons. The van der Waals surface area contributed by atoms with Crippen molar-refractivity contribution in [3.8, 4) is 0 Å². The molecule has 2 atom stereocenters. The van der Waals surface area contributed by atoms with Crippen LogP contribution in [0.2, 0.25) is 0 Å². The second-order valence-electron chi connectivity index (χ2n) is 6.05. The summed E-state index contributed by atoms with van der Waals surface area (Å²) >= 11 is 0. The second-order valence-corrected chi connectivity index (χ2v) is 6.05. The van der Waals surface area contributed by atoms with Crippen molar-refractivity contribution < 1.29 is 29.3 Å². The summed E-state index contributed by atoms with van der Waals surface area (Å²) in [7, 11) is 0. The van der Waals surface area contributed by atoms with Crippen LogP contribution in [0.5, 0.6) is 0 Å². The molecular weight excluding hydrogens is 300 g/mol. The van der Waals surface area contributed by atoms with Crippen molar-refractivity contribution >= 4 is 17.9 Å². The van der Waals surface area contributed by atoms with Gasteiger partial charge in [-0.15, -0.1) is 6.58 Å². The number of hydrogen-bond acceptors (Lipinski definition) is 4. The third kappa shape index (κ3) is 5.37. The van der Waals surface area contributed by atoms with Crippen LogP contribution in [-0.2, 0) is 19.1 Å². The monoisotopic (exact) mass is 326 g/mol. The summed E-state index contributed by atoms with van der Waals surface area (Å²) in [6.45, 7) is 3.67. The van der Waals surface area contributed by atoms with Gasteiger partial charge < -0.3 is 14.9 Å². The molecule has 0 bridgehead atoms. The van der Waals surface area contributed by atoms with Crippen molar-refractivity contribution in [2.45, 2.75) is 69.8 Å². The van der Waals surface area contributed by atoms with Gasteiger partial charge in [0.25, 0.3) is 0 Å². The maximum absolute atomic E-state index is 11.5. The zero-order chi connectivity index (χ0) is 17.3. The minimum atomic E-state index is -1.90. The van der Waals surface area contributed by atoms with Crippen molar-refractivity contribution in [2.75, 3.05) is 0 Å². The highest BCUT2D eigenvalue weighted by Gasteiger charge is 2.56. The molecule has 23 heavy (non-hydrogen) atoms. The molecule has 1 rings (SSSR count). The van der Waals surface area contributed by atoms with Crippen LogP contribution >= 0.6 is 0 Å². The first-order chi connectivity index (χ1) is 10.9. The van der Waals surface area contributed by atoms with Crippen molar-refractivity contribution in [3.63, 3.8) is 0 Å². The molecule has 0 saturated carbocycles. The minimum Gasteiger partial charge on any atom is -0.481 e. The van der Waals surface area contributed by atoms with Gasteiger partial charge in [0, 0.05) is 12.8 Å². The summed E-state index contributed by atoms with van der Waals surface area (Å²) in [4.78, 5) is 34.3. The van der Waals surface area contributed by atoms with Gasteiger partial charge in [0.15, 0.2) is 0 Å². The van der Waals surface area contributed by atoms with Crippen LogP contribution in [0.4, 0.5) is 0 Å². The molecule has 1 aliphatic heterocycles. The van der Waals surface area contributed by atoms with Crippen LogP contribution in [0.3, 0.4) is 0 Å². The highest BCUT2D eigenvalue weighted by atomic mass is 16.6. The number of unbranched alkanes of at least 4 members (excludes halogenated alkanes) is 6. The van der Waals surface area contributed by atoms with Crippen molar-refractivity contribution in [1.82, 2.24) is 0 Å². The molecule has 0 aromatic rings. The third-order valence-electron chi connectivity index (χ3n) is 4.37. The lowest BCUT2D eigenvalue weighted by Crippen LogP contribution is -2.49. The molecule has 130 valence electrons. The summed E-state index contributed by atoms with van der Waals surface area (Å²) in [6.07, 6.45) is 8.75. The smallest absolute Gasteiger partial charge is 0.349 e. The minimum absolute atomic E-state index is 0.0423. The Kier molecular flexibility index (Phi) is 7.78. The topological polar surface area (TPSA) is 101 Å². The Hall–Kier alpha value is -1.85. The van der Waals surface area contributed by atoms with Gasteiger partial charge in [-0.05, 0) is 19.3 Å². The molecule has 0 spiro atoms. The molecule has 1 heterocycles. The van der Waals surface area contributed by atoms with E-state index in [9.17, 15) is 24.6 Å². The summed E-state index contributed by atoms with van der Waals surface area (Å²) in [5.74, 6) is -4.40. The maximum Gasteiger partial charge on any atom is 0.349 e. The summed E-state index contributed by atoms with van der Waals surface area (Å²) in [5, 5.41) is 18.7. The normalized spacial score (nSPS) is 21.7. The van der Waals surface area contributed by atoms with Crippen LogP contribution in [0.25, 0.3) is 0 Å². The summed E-state index contributed by atoms with van der Waals surface area (Å²) in [6, 6.07) is 0. The van der Waals surface area contributed by atoms with Crippen LogP contribution in [-0.4, -0.2) is 33.7 Å². The highest BCUT2D eigenvalue weighted by molar-refractivity contribution is 5.90. The molecule has 0 aromatic carbocycles. The van der Waals surface area contributed by atoms with E-state index in [1.165, 1.54) is 0 Å². The number of carbonyl (C=O) groups is 3. The molecule has 1 saturated heterocycles. The Labute approximate surface area is 136 Å². The average molecular weight is 326 g/mol. The van der Waals surface area contributed by atoms with E-state index in [-0.39, 0.29) is 19.3 Å². The maximum atomic E-state index is 11.5. The lowest BCUT2D eigenvalue weighted by molar-refractivity contribution is -0.182. The number of cyclic esters (lactones) is 1. The largest absolute Gasteiger partial charge is 0.481 e. The van der Waals surface area contributed by atoms with E-state index in [0.717, 1.165) is 38.5 Å². The number of allylic oxidation sites excluding steroid dienone is 1. The van der Waals surface area contributed by atoms with Crippen molar-refractivity contribution in [3.05, 3.63) is 12.7 Å². The first-order valence-electron chi connectivity index (χ1n) is 8.23. The zero-order valence-electron chi connectivity index (χ0n) is 13.5. The number of rotatable bonds is 12. The second kappa shape index (κ2) is 9.33. The van der Waals surface area contributed by atoms with Crippen molar-refractivity contribution in [2.24, 2.45) is 5.92 Å². The number of carbonyl (C=O) groups excluding carboxylic acids is 1. The summed E-state index contributed by atoms with van der Waals surface area (Å²) < 4.78 is 4.93. The fourth-order valence-corrected chi connectivity index (χ4v) is 3.04. The Morgan fingerprint density at radius 2 is 1.78 bits per heavy atom. The number of carboxylic acid groups (broad SMARTS) is 2. The third-order valence-corrected chi connectivity index (χ3v) is 4.37. The summed E-state index contributed by atoms with van der Waals surface area (Å²) in [5.41, 5.74) is -1.90. The fraction of sp³-hybridized carbons (Fsp3) is 0.706. The molecule has 0 unspecified atom stereocenters. The number of carboxylic acids is 2. The lowest BCUT2D eigenvalue weighted by Gasteiger charge is -2.29. The predicted molar refractivity (Wildman–Crippen MR) is 84.0 cm³/mol. The van der Waals surface area contributed by atoms with E-state index in [1.807, 2.05) is 6.08 Å². The standard InChI is InChI=1S/C17H26O6/c1-2-3-4-5-6-7-8-9-10-13(15(19)20)17(16(21)22)12-11-14(18)23-17/h2,13H,1,3-12H2,(H,19,20)(H,21,22)/t13-,17+/m0/s1. The van der Waals surface area contributed by atoms with Gasteiger partial charge in [0.1, 0.15) is 5.92 Å². The van der Waals surface area contributed by atoms with E-state index >= 15 is 0 Å². The Morgan fingerprint density at radius 3 is 2.26 bits per heavy atom. The van der Waals surface area contributed by atoms with E-state index < -0.39 is 29.4 Å². The van der Waals surface area contributed by atoms with E-state index in [4.69, 9.17) is 4.74 Å².